The van der Waals surface area contributed by atoms with Gasteiger partial charge in [-0.05, 0) is 42.7 Å². The van der Waals surface area contributed by atoms with Gasteiger partial charge in [0.2, 0.25) is 5.91 Å². The summed E-state index contributed by atoms with van der Waals surface area (Å²) in [6.45, 7) is 1.78. The minimum Gasteiger partial charge on any atom is -0.508 e. The molecule has 5 N–H and O–H groups in total. The second-order valence-electron chi connectivity index (χ2n) is 4.97. The number of benzene rings is 2. The third-order valence-corrected chi connectivity index (χ3v) is 3.21. The molecule has 2 aromatic carbocycles. The van der Waals surface area contributed by atoms with Crippen molar-refractivity contribution in [3.63, 3.8) is 0 Å². The summed E-state index contributed by atoms with van der Waals surface area (Å²) in [4.78, 5) is 12.0. The Bertz CT molecular complexity index is 638. The lowest BCUT2D eigenvalue weighted by Crippen LogP contribution is -2.37. The number of nitrogens with two attached hydrogens (primary N) is 1. The van der Waals surface area contributed by atoms with Crippen molar-refractivity contribution in [1.29, 1.82) is 0 Å². The summed E-state index contributed by atoms with van der Waals surface area (Å²) in [5, 5.41) is 21.5. The van der Waals surface area contributed by atoms with Gasteiger partial charge in [-0.1, -0.05) is 18.2 Å². The summed E-state index contributed by atoms with van der Waals surface area (Å²) >= 11 is 0. The van der Waals surface area contributed by atoms with Crippen molar-refractivity contribution in [2.75, 3.05) is 5.32 Å². The summed E-state index contributed by atoms with van der Waals surface area (Å²) in [7, 11) is 0. The number of aryl methyl sites for hydroxylation is 1. The number of amides is 1. The van der Waals surface area contributed by atoms with Crippen LogP contribution in [0.25, 0.3) is 0 Å². The maximum Gasteiger partial charge on any atom is 0.241 e. The molecule has 1 amide bonds. The third-order valence-electron chi connectivity index (χ3n) is 3.21. The highest BCUT2D eigenvalue weighted by molar-refractivity contribution is 5.95. The molecule has 0 aromatic heterocycles. The fourth-order valence-electron chi connectivity index (χ4n) is 1.90. The normalized spacial score (nSPS) is 11.9. The van der Waals surface area contributed by atoms with Gasteiger partial charge in [0.15, 0.2) is 0 Å². The largest absolute Gasteiger partial charge is 0.508 e. The molecule has 0 radical (unpaired) electrons. The molecule has 0 saturated carbocycles. The SMILES string of the molecule is Cc1ccc(NC(=O)C(N)Cc2ccc(O)cc2)cc1O. The zero-order valence-corrected chi connectivity index (χ0v) is 11.7. The first-order valence-corrected chi connectivity index (χ1v) is 6.59. The quantitative estimate of drug-likeness (QED) is 0.690. The molecule has 0 bridgehead atoms. The predicted octanol–water partition coefficient (Wildman–Crippen LogP) is 1.91. The summed E-state index contributed by atoms with van der Waals surface area (Å²) in [6.07, 6.45) is 0.365. The van der Waals surface area contributed by atoms with Crippen LogP contribution in [0.15, 0.2) is 42.5 Å². The highest BCUT2D eigenvalue weighted by Gasteiger charge is 2.14. The second-order valence-corrected chi connectivity index (χ2v) is 4.97. The Morgan fingerprint density at radius 3 is 2.48 bits per heavy atom. The summed E-state index contributed by atoms with van der Waals surface area (Å²) in [5.41, 5.74) is 7.97. The monoisotopic (exact) mass is 286 g/mol. The number of carbonyl (C=O) groups is 1. The van der Waals surface area contributed by atoms with Gasteiger partial charge in [0.1, 0.15) is 11.5 Å². The van der Waals surface area contributed by atoms with Gasteiger partial charge in [-0.25, -0.2) is 0 Å². The fourth-order valence-corrected chi connectivity index (χ4v) is 1.90. The van der Waals surface area contributed by atoms with Crippen LogP contribution in [0, 0.1) is 6.92 Å². The van der Waals surface area contributed by atoms with Gasteiger partial charge >= 0.3 is 0 Å². The van der Waals surface area contributed by atoms with Crippen molar-refractivity contribution in [2.24, 2.45) is 5.73 Å². The Kier molecular flexibility index (Phi) is 4.45. The Labute approximate surface area is 123 Å². The van der Waals surface area contributed by atoms with Gasteiger partial charge in [-0.15, -0.1) is 0 Å². The van der Waals surface area contributed by atoms with Crippen LogP contribution in [-0.4, -0.2) is 22.2 Å². The minimum atomic E-state index is -0.710. The first kappa shape index (κ1) is 14.9. The minimum absolute atomic E-state index is 0.125. The molecule has 5 nitrogen and oxygen atoms in total. The smallest absolute Gasteiger partial charge is 0.241 e. The van der Waals surface area contributed by atoms with E-state index in [0.29, 0.717) is 12.1 Å². The molecule has 110 valence electrons. The average molecular weight is 286 g/mol. The number of nitrogens with one attached hydrogen (secondary N) is 1. The molecular formula is C16H18N2O3. The van der Waals surface area contributed by atoms with Gasteiger partial charge in [-0.3, -0.25) is 4.79 Å². The van der Waals surface area contributed by atoms with Gasteiger partial charge in [0, 0.05) is 11.8 Å². The van der Waals surface area contributed by atoms with E-state index in [4.69, 9.17) is 5.73 Å². The van der Waals surface area contributed by atoms with Crippen molar-refractivity contribution in [3.8, 4) is 11.5 Å². The highest BCUT2D eigenvalue weighted by atomic mass is 16.3. The molecule has 0 aliphatic rings. The topological polar surface area (TPSA) is 95.6 Å². The van der Waals surface area contributed by atoms with Crippen LogP contribution < -0.4 is 11.1 Å². The number of hydrogen-bond donors (Lipinski definition) is 4. The molecule has 5 heteroatoms. The van der Waals surface area contributed by atoms with Crippen molar-refractivity contribution in [1.82, 2.24) is 0 Å². The van der Waals surface area contributed by atoms with E-state index < -0.39 is 6.04 Å². The summed E-state index contributed by atoms with van der Waals surface area (Å²) in [6, 6.07) is 10.8. The molecule has 0 aliphatic carbocycles. The first-order chi connectivity index (χ1) is 9.95. The average Bonchev–Trinajstić information content (AvgIpc) is 2.45. The van der Waals surface area contributed by atoms with Crippen LogP contribution in [0.5, 0.6) is 11.5 Å². The summed E-state index contributed by atoms with van der Waals surface area (Å²) in [5.74, 6) is -0.0295. The fraction of sp³-hybridized carbons (Fsp3) is 0.188. The van der Waals surface area contributed by atoms with E-state index in [1.54, 1.807) is 43.3 Å². The molecule has 21 heavy (non-hydrogen) atoms. The molecule has 0 spiro atoms. The van der Waals surface area contributed by atoms with Gasteiger partial charge in [-0.2, -0.15) is 0 Å². The zero-order valence-electron chi connectivity index (χ0n) is 11.7. The van der Waals surface area contributed by atoms with Gasteiger partial charge in [0.25, 0.3) is 0 Å². The second kappa shape index (κ2) is 6.28. The van der Waals surface area contributed by atoms with Gasteiger partial charge in [0.05, 0.1) is 6.04 Å². The van der Waals surface area contributed by atoms with E-state index >= 15 is 0 Å². The molecule has 0 fully saturated rings. The third kappa shape index (κ3) is 3.97. The molecular weight excluding hydrogens is 268 g/mol. The van der Waals surface area contributed by atoms with Gasteiger partial charge < -0.3 is 21.3 Å². The van der Waals surface area contributed by atoms with Crippen molar-refractivity contribution >= 4 is 11.6 Å². The number of phenolic OH excluding ortho intramolecular Hbond substituents is 2. The van der Waals surface area contributed by atoms with Crippen LogP contribution in [0.2, 0.25) is 0 Å². The van der Waals surface area contributed by atoms with Crippen LogP contribution in [-0.2, 0) is 11.2 Å². The van der Waals surface area contributed by atoms with Crippen molar-refractivity contribution in [2.45, 2.75) is 19.4 Å². The Balaban J connectivity index is 1.98. The maximum absolute atomic E-state index is 12.0. The molecule has 1 unspecified atom stereocenters. The van der Waals surface area contributed by atoms with Crippen molar-refractivity contribution < 1.29 is 15.0 Å². The number of carbonyl (C=O) groups excluding carboxylic acids is 1. The van der Waals surface area contributed by atoms with Crippen LogP contribution in [0.1, 0.15) is 11.1 Å². The number of phenols is 2. The lowest BCUT2D eigenvalue weighted by atomic mass is 10.1. The molecule has 0 heterocycles. The van der Waals surface area contributed by atoms with Crippen LogP contribution in [0.4, 0.5) is 5.69 Å². The lowest BCUT2D eigenvalue weighted by molar-refractivity contribution is -0.117. The first-order valence-electron chi connectivity index (χ1n) is 6.59. The summed E-state index contributed by atoms with van der Waals surface area (Å²) < 4.78 is 0. The Morgan fingerprint density at radius 2 is 1.86 bits per heavy atom. The predicted molar refractivity (Wildman–Crippen MR) is 81.3 cm³/mol. The Morgan fingerprint density at radius 1 is 1.19 bits per heavy atom. The number of aromatic hydroxyl groups is 2. The van der Waals surface area contributed by atoms with E-state index in [1.807, 2.05) is 0 Å². The van der Waals surface area contributed by atoms with E-state index in [1.165, 1.54) is 6.07 Å². The van der Waals surface area contributed by atoms with E-state index in [2.05, 4.69) is 5.32 Å². The zero-order chi connectivity index (χ0) is 15.4. The maximum atomic E-state index is 12.0. The lowest BCUT2D eigenvalue weighted by Gasteiger charge is -2.13. The highest BCUT2D eigenvalue weighted by Crippen LogP contribution is 2.21. The van der Waals surface area contributed by atoms with Crippen molar-refractivity contribution in [3.05, 3.63) is 53.6 Å². The molecule has 0 saturated heterocycles. The number of hydrogen-bond acceptors (Lipinski definition) is 4. The van der Waals surface area contributed by atoms with E-state index in [9.17, 15) is 15.0 Å². The molecule has 2 rings (SSSR count). The molecule has 0 aliphatic heterocycles. The number of rotatable bonds is 4. The molecule has 1 atom stereocenters. The van der Waals surface area contributed by atoms with Crippen LogP contribution >= 0.6 is 0 Å². The van der Waals surface area contributed by atoms with E-state index in [0.717, 1.165) is 11.1 Å². The van der Waals surface area contributed by atoms with Crippen LogP contribution in [0.3, 0.4) is 0 Å². The van der Waals surface area contributed by atoms with E-state index in [-0.39, 0.29) is 17.4 Å². The molecule has 2 aromatic rings. The standard InChI is InChI=1S/C16H18N2O3/c1-10-2-5-12(9-15(10)20)18-16(21)14(17)8-11-3-6-13(19)7-4-11/h2-7,9,14,19-20H,8,17H2,1H3,(H,18,21). The Hall–Kier alpha value is -2.53. The number of anilines is 1.